The van der Waals surface area contributed by atoms with Crippen LogP contribution in [0.5, 0.6) is 0 Å². The van der Waals surface area contributed by atoms with Crippen LogP contribution >= 0.6 is 11.6 Å². The Bertz CT molecular complexity index is 352. The molecule has 0 saturated heterocycles. The van der Waals surface area contributed by atoms with E-state index in [-0.39, 0.29) is 5.91 Å². The molecule has 0 bridgehead atoms. The quantitative estimate of drug-likeness (QED) is 0.740. The molecule has 1 rings (SSSR count). The predicted molar refractivity (Wildman–Crippen MR) is 72.3 cm³/mol. The van der Waals surface area contributed by atoms with Crippen molar-refractivity contribution in [1.29, 1.82) is 0 Å². The van der Waals surface area contributed by atoms with Crippen molar-refractivity contribution in [2.75, 3.05) is 6.54 Å². The summed E-state index contributed by atoms with van der Waals surface area (Å²) in [6.07, 6.45) is 4.59. The third-order valence-corrected chi connectivity index (χ3v) is 2.85. The molecule has 1 aromatic carbocycles. The lowest BCUT2D eigenvalue weighted by Crippen LogP contribution is -2.24. The van der Waals surface area contributed by atoms with Gasteiger partial charge in [-0.25, -0.2) is 0 Å². The molecule has 0 aliphatic heterocycles. The number of carbonyl (C=O) groups excluding carboxylic acids is 1. The van der Waals surface area contributed by atoms with Gasteiger partial charge in [0.1, 0.15) is 0 Å². The van der Waals surface area contributed by atoms with E-state index in [9.17, 15) is 4.79 Å². The number of halogens is 1. The average molecular weight is 254 g/mol. The Morgan fingerprint density at radius 3 is 2.88 bits per heavy atom. The van der Waals surface area contributed by atoms with Crippen LogP contribution in [0.1, 0.15) is 38.2 Å². The van der Waals surface area contributed by atoms with Crippen LogP contribution in [-0.2, 0) is 11.2 Å². The second-order valence-corrected chi connectivity index (χ2v) is 4.62. The summed E-state index contributed by atoms with van der Waals surface area (Å²) in [4.78, 5) is 11.3. The van der Waals surface area contributed by atoms with Gasteiger partial charge in [-0.1, -0.05) is 37.1 Å². The van der Waals surface area contributed by atoms with Crippen molar-refractivity contribution in [2.24, 2.45) is 0 Å². The molecule has 3 heteroatoms. The third-order valence-electron chi connectivity index (χ3n) is 2.61. The molecular weight excluding hydrogens is 234 g/mol. The molecule has 0 aromatic heterocycles. The largest absolute Gasteiger partial charge is 0.356 e. The van der Waals surface area contributed by atoms with Gasteiger partial charge < -0.3 is 5.32 Å². The number of hydrogen-bond donors (Lipinski definition) is 1. The minimum Gasteiger partial charge on any atom is -0.356 e. The minimum absolute atomic E-state index is 0.165. The summed E-state index contributed by atoms with van der Waals surface area (Å²) in [5, 5.41) is 3.70. The van der Waals surface area contributed by atoms with E-state index in [1.54, 1.807) is 0 Å². The summed E-state index contributed by atoms with van der Waals surface area (Å²) in [5.41, 5.74) is 1.22. The van der Waals surface area contributed by atoms with Crippen LogP contribution in [0, 0.1) is 0 Å². The monoisotopic (exact) mass is 253 g/mol. The minimum atomic E-state index is 0.165. The van der Waals surface area contributed by atoms with E-state index in [1.807, 2.05) is 18.2 Å². The molecule has 17 heavy (non-hydrogen) atoms. The Hall–Kier alpha value is -1.02. The molecule has 0 fully saturated rings. The fourth-order valence-electron chi connectivity index (χ4n) is 1.64. The van der Waals surface area contributed by atoms with Crippen molar-refractivity contribution < 1.29 is 4.79 Å². The number of aryl methyl sites for hydroxylation is 1. The molecule has 1 N–H and O–H groups in total. The van der Waals surface area contributed by atoms with Crippen LogP contribution in [0.4, 0.5) is 0 Å². The molecule has 94 valence electrons. The van der Waals surface area contributed by atoms with Gasteiger partial charge in [-0.2, -0.15) is 0 Å². The molecule has 0 radical (unpaired) electrons. The summed E-state index contributed by atoms with van der Waals surface area (Å²) >= 11 is 5.90. The number of benzene rings is 1. The third kappa shape index (κ3) is 6.32. The van der Waals surface area contributed by atoms with Crippen LogP contribution in [0.2, 0.25) is 5.02 Å². The zero-order valence-electron chi connectivity index (χ0n) is 10.3. The first kappa shape index (κ1) is 14.0. The van der Waals surface area contributed by atoms with E-state index in [1.165, 1.54) is 5.56 Å². The number of amides is 1. The Morgan fingerprint density at radius 1 is 1.35 bits per heavy atom. The summed E-state index contributed by atoms with van der Waals surface area (Å²) < 4.78 is 0. The first-order valence-electron chi connectivity index (χ1n) is 6.23. The molecular formula is C14H20ClNO. The second kappa shape index (κ2) is 8.13. The van der Waals surface area contributed by atoms with Crippen molar-refractivity contribution in [2.45, 2.75) is 39.0 Å². The van der Waals surface area contributed by atoms with Gasteiger partial charge in [0.2, 0.25) is 5.91 Å². The Balaban J connectivity index is 2.14. The fraction of sp³-hybridized carbons (Fsp3) is 0.500. The van der Waals surface area contributed by atoms with E-state index < -0.39 is 0 Å². The molecule has 0 aliphatic rings. The molecule has 1 aromatic rings. The van der Waals surface area contributed by atoms with E-state index in [4.69, 9.17) is 11.6 Å². The van der Waals surface area contributed by atoms with Gasteiger partial charge in [-0.05, 0) is 37.0 Å². The van der Waals surface area contributed by atoms with E-state index in [2.05, 4.69) is 18.3 Å². The van der Waals surface area contributed by atoms with E-state index in [0.29, 0.717) is 6.42 Å². The number of nitrogens with one attached hydrogen (secondary N) is 1. The lowest BCUT2D eigenvalue weighted by Gasteiger charge is -2.05. The number of rotatable bonds is 7. The normalized spacial score (nSPS) is 10.2. The summed E-state index contributed by atoms with van der Waals surface area (Å²) in [6, 6.07) is 7.86. The highest BCUT2D eigenvalue weighted by atomic mass is 35.5. The maximum Gasteiger partial charge on any atom is 0.219 e. The summed E-state index contributed by atoms with van der Waals surface area (Å²) in [5.74, 6) is 0.165. The Morgan fingerprint density at radius 2 is 2.18 bits per heavy atom. The SMILES string of the molecule is CCCCC(=O)NCCCc1cccc(Cl)c1. The van der Waals surface area contributed by atoms with Crippen molar-refractivity contribution in [1.82, 2.24) is 5.32 Å². The zero-order valence-corrected chi connectivity index (χ0v) is 11.1. The van der Waals surface area contributed by atoms with Crippen LogP contribution in [0.3, 0.4) is 0 Å². The molecule has 1 amide bonds. The van der Waals surface area contributed by atoms with E-state index >= 15 is 0 Å². The van der Waals surface area contributed by atoms with Crippen molar-refractivity contribution in [3.63, 3.8) is 0 Å². The standard InChI is InChI=1S/C14H20ClNO/c1-2-3-9-14(17)16-10-5-7-12-6-4-8-13(15)11-12/h4,6,8,11H,2-3,5,7,9-10H2,1H3,(H,16,17). The molecule has 0 unspecified atom stereocenters. The van der Waals surface area contributed by atoms with Crippen LogP contribution in [-0.4, -0.2) is 12.5 Å². The van der Waals surface area contributed by atoms with Crippen LogP contribution in [0.25, 0.3) is 0 Å². The first-order chi connectivity index (χ1) is 8.22. The predicted octanol–water partition coefficient (Wildman–Crippen LogP) is 3.58. The van der Waals surface area contributed by atoms with Gasteiger partial charge in [-0.15, -0.1) is 0 Å². The van der Waals surface area contributed by atoms with Crippen LogP contribution < -0.4 is 5.32 Å². The Labute approximate surface area is 108 Å². The van der Waals surface area contributed by atoms with Gasteiger partial charge in [-0.3, -0.25) is 4.79 Å². The molecule has 0 atom stereocenters. The summed E-state index contributed by atoms with van der Waals surface area (Å²) in [6.45, 7) is 2.83. The highest BCUT2D eigenvalue weighted by molar-refractivity contribution is 6.30. The maximum atomic E-state index is 11.3. The first-order valence-corrected chi connectivity index (χ1v) is 6.61. The summed E-state index contributed by atoms with van der Waals surface area (Å²) in [7, 11) is 0. The lowest BCUT2D eigenvalue weighted by molar-refractivity contribution is -0.121. The maximum absolute atomic E-state index is 11.3. The van der Waals surface area contributed by atoms with Crippen molar-refractivity contribution >= 4 is 17.5 Å². The number of unbranched alkanes of at least 4 members (excludes halogenated alkanes) is 1. The smallest absolute Gasteiger partial charge is 0.219 e. The van der Waals surface area contributed by atoms with Gasteiger partial charge in [0.15, 0.2) is 0 Å². The van der Waals surface area contributed by atoms with Gasteiger partial charge in [0.05, 0.1) is 0 Å². The lowest BCUT2D eigenvalue weighted by atomic mass is 10.1. The van der Waals surface area contributed by atoms with Gasteiger partial charge >= 0.3 is 0 Å². The van der Waals surface area contributed by atoms with Crippen molar-refractivity contribution in [3.8, 4) is 0 Å². The fourth-order valence-corrected chi connectivity index (χ4v) is 1.85. The molecule has 0 spiro atoms. The topological polar surface area (TPSA) is 29.1 Å². The number of hydrogen-bond acceptors (Lipinski definition) is 1. The highest BCUT2D eigenvalue weighted by Gasteiger charge is 1.99. The highest BCUT2D eigenvalue weighted by Crippen LogP contribution is 2.11. The molecule has 0 heterocycles. The van der Waals surface area contributed by atoms with Crippen molar-refractivity contribution in [3.05, 3.63) is 34.9 Å². The van der Waals surface area contributed by atoms with Crippen LogP contribution in [0.15, 0.2) is 24.3 Å². The van der Waals surface area contributed by atoms with Gasteiger partial charge in [0.25, 0.3) is 0 Å². The van der Waals surface area contributed by atoms with E-state index in [0.717, 1.165) is 37.3 Å². The number of carbonyl (C=O) groups is 1. The Kier molecular flexibility index (Phi) is 6.71. The van der Waals surface area contributed by atoms with Gasteiger partial charge in [0, 0.05) is 18.0 Å². The molecule has 0 aliphatic carbocycles. The zero-order chi connectivity index (χ0) is 12.5. The second-order valence-electron chi connectivity index (χ2n) is 4.19. The molecule has 0 saturated carbocycles. The molecule has 2 nitrogen and oxygen atoms in total. The average Bonchev–Trinajstić information content (AvgIpc) is 2.32.